The second-order valence-electron chi connectivity index (χ2n) is 4.38. The fourth-order valence-electron chi connectivity index (χ4n) is 1.53. The first-order valence-electron chi connectivity index (χ1n) is 5.94. The van der Waals surface area contributed by atoms with Gasteiger partial charge in [-0.05, 0) is 25.0 Å². The second-order valence-corrected chi connectivity index (χ2v) is 4.38. The summed E-state index contributed by atoms with van der Waals surface area (Å²) in [5.74, 6) is -2.16. The van der Waals surface area contributed by atoms with E-state index in [0.717, 1.165) is 12.1 Å². The summed E-state index contributed by atoms with van der Waals surface area (Å²) in [6.07, 6.45) is 1.41. The Kier molecular flexibility index (Phi) is 4.78. The minimum atomic E-state index is -0.872. The smallest absolute Gasteiger partial charge is 0.254 e. The average Bonchev–Trinajstić information content (AvgIpc) is 2.35. The van der Waals surface area contributed by atoms with E-state index in [4.69, 9.17) is 5.73 Å². The number of rotatable bonds is 5. The van der Waals surface area contributed by atoms with Crippen molar-refractivity contribution in [2.45, 2.75) is 32.2 Å². The van der Waals surface area contributed by atoms with Crippen LogP contribution in [0.5, 0.6) is 0 Å². The Morgan fingerprint density at radius 1 is 1.33 bits per heavy atom. The Morgan fingerprint density at radius 2 is 1.94 bits per heavy atom. The van der Waals surface area contributed by atoms with Crippen LogP contribution in [-0.4, -0.2) is 18.0 Å². The lowest BCUT2D eigenvalue weighted by atomic mass is 9.94. The van der Waals surface area contributed by atoms with Crippen molar-refractivity contribution in [2.24, 2.45) is 5.73 Å². The van der Waals surface area contributed by atoms with Crippen LogP contribution in [0.4, 0.5) is 8.78 Å². The van der Waals surface area contributed by atoms with Crippen LogP contribution in [0.3, 0.4) is 0 Å². The lowest BCUT2D eigenvalue weighted by Gasteiger charge is -2.26. The highest BCUT2D eigenvalue weighted by molar-refractivity contribution is 5.94. The largest absolute Gasteiger partial charge is 0.350 e. The van der Waals surface area contributed by atoms with Gasteiger partial charge in [-0.25, -0.2) is 8.78 Å². The molecule has 0 saturated heterocycles. The predicted octanol–water partition coefficient (Wildman–Crippen LogP) is 2.21. The van der Waals surface area contributed by atoms with Gasteiger partial charge in [-0.15, -0.1) is 0 Å². The molecule has 100 valence electrons. The van der Waals surface area contributed by atoms with Crippen molar-refractivity contribution in [1.29, 1.82) is 0 Å². The van der Waals surface area contributed by atoms with Crippen LogP contribution in [0, 0.1) is 11.6 Å². The van der Waals surface area contributed by atoms with Crippen LogP contribution in [0.15, 0.2) is 18.2 Å². The van der Waals surface area contributed by atoms with Crippen LogP contribution < -0.4 is 11.1 Å². The molecular weight excluding hydrogens is 238 g/mol. The monoisotopic (exact) mass is 256 g/mol. The molecule has 1 aromatic rings. The summed E-state index contributed by atoms with van der Waals surface area (Å²) in [7, 11) is 0. The molecule has 1 aromatic carbocycles. The number of amides is 1. The van der Waals surface area contributed by atoms with Gasteiger partial charge < -0.3 is 11.1 Å². The predicted molar refractivity (Wildman–Crippen MR) is 66.2 cm³/mol. The van der Waals surface area contributed by atoms with Crippen molar-refractivity contribution < 1.29 is 13.6 Å². The normalized spacial score (nSPS) is 11.4. The topological polar surface area (TPSA) is 55.1 Å². The summed E-state index contributed by atoms with van der Waals surface area (Å²) in [5, 5.41) is 2.58. The molecule has 3 N–H and O–H groups in total. The Hall–Kier alpha value is -1.49. The molecule has 1 rings (SSSR count). The molecule has 0 spiro atoms. The van der Waals surface area contributed by atoms with Crippen molar-refractivity contribution in [2.75, 3.05) is 6.54 Å². The summed E-state index contributed by atoms with van der Waals surface area (Å²) in [6.45, 7) is 4.11. The van der Waals surface area contributed by atoms with Gasteiger partial charge in [0.05, 0.1) is 5.56 Å². The van der Waals surface area contributed by atoms with Gasteiger partial charge in [0.1, 0.15) is 11.6 Å². The SMILES string of the molecule is CCC(N)(CC)CNC(=O)c1ccc(F)cc1F. The molecule has 0 aromatic heterocycles. The first-order valence-corrected chi connectivity index (χ1v) is 5.94. The van der Waals surface area contributed by atoms with Crippen LogP contribution >= 0.6 is 0 Å². The molecule has 0 heterocycles. The van der Waals surface area contributed by atoms with Gasteiger partial charge in [-0.3, -0.25) is 4.79 Å². The second kappa shape index (κ2) is 5.91. The van der Waals surface area contributed by atoms with Crippen molar-refractivity contribution in [3.05, 3.63) is 35.4 Å². The third-order valence-corrected chi connectivity index (χ3v) is 3.19. The zero-order valence-electron chi connectivity index (χ0n) is 10.6. The van der Waals surface area contributed by atoms with Crippen molar-refractivity contribution in [1.82, 2.24) is 5.32 Å². The van der Waals surface area contributed by atoms with Crippen LogP contribution in [-0.2, 0) is 0 Å². The van der Waals surface area contributed by atoms with Crippen LogP contribution in [0.25, 0.3) is 0 Å². The molecule has 0 radical (unpaired) electrons. The van der Waals surface area contributed by atoms with Crippen molar-refractivity contribution >= 4 is 5.91 Å². The highest BCUT2D eigenvalue weighted by atomic mass is 19.1. The van der Waals surface area contributed by atoms with Crippen molar-refractivity contribution in [3.8, 4) is 0 Å². The third-order valence-electron chi connectivity index (χ3n) is 3.19. The molecule has 0 saturated carbocycles. The minimum Gasteiger partial charge on any atom is -0.350 e. The minimum absolute atomic E-state index is 0.175. The summed E-state index contributed by atoms with van der Waals surface area (Å²) >= 11 is 0. The maximum Gasteiger partial charge on any atom is 0.254 e. The van der Waals surface area contributed by atoms with Crippen LogP contribution in [0.1, 0.15) is 37.0 Å². The zero-order valence-corrected chi connectivity index (χ0v) is 10.6. The zero-order chi connectivity index (χ0) is 13.8. The quantitative estimate of drug-likeness (QED) is 0.848. The van der Waals surface area contributed by atoms with Crippen molar-refractivity contribution in [3.63, 3.8) is 0 Å². The van der Waals surface area contributed by atoms with E-state index < -0.39 is 23.1 Å². The Labute approximate surface area is 105 Å². The van der Waals surface area contributed by atoms with E-state index in [2.05, 4.69) is 5.32 Å². The molecule has 3 nitrogen and oxygen atoms in total. The summed E-state index contributed by atoms with van der Waals surface area (Å²) in [6, 6.07) is 2.85. The number of carbonyl (C=O) groups excluding carboxylic acids is 1. The number of carbonyl (C=O) groups is 1. The molecule has 0 aliphatic heterocycles. The standard InChI is InChI=1S/C13H18F2N2O/c1-3-13(16,4-2)8-17-12(18)10-6-5-9(14)7-11(10)15/h5-7H,3-4,8,16H2,1-2H3,(H,17,18). The van der Waals surface area contributed by atoms with E-state index in [1.165, 1.54) is 0 Å². The average molecular weight is 256 g/mol. The Balaban J connectivity index is 2.71. The fraction of sp³-hybridized carbons (Fsp3) is 0.462. The number of hydrogen-bond donors (Lipinski definition) is 2. The molecule has 18 heavy (non-hydrogen) atoms. The maximum absolute atomic E-state index is 13.4. The molecule has 0 aliphatic carbocycles. The van der Waals surface area contributed by atoms with Gasteiger partial charge in [0.25, 0.3) is 5.91 Å². The number of halogens is 2. The number of nitrogens with one attached hydrogen (secondary N) is 1. The van der Waals surface area contributed by atoms with Gasteiger partial charge in [-0.1, -0.05) is 13.8 Å². The molecule has 0 atom stereocenters. The van der Waals surface area contributed by atoms with Crippen LogP contribution in [0.2, 0.25) is 0 Å². The number of hydrogen-bond acceptors (Lipinski definition) is 2. The third kappa shape index (κ3) is 3.50. The van der Waals surface area contributed by atoms with E-state index in [9.17, 15) is 13.6 Å². The van der Waals surface area contributed by atoms with Gasteiger partial charge in [0.15, 0.2) is 0 Å². The highest BCUT2D eigenvalue weighted by Gasteiger charge is 2.22. The lowest BCUT2D eigenvalue weighted by Crippen LogP contribution is -2.49. The molecule has 0 fully saturated rings. The fourth-order valence-corrected chi connectivity index (χ4v) is 1.53. The maximum atomic E-state index is 13.4. The summed E-state index contributed by atoms with van der Waals surface area (Å²) < 4.78 is 26.1. The first-order chi connectivity index (χ1) is 8.41. The van der Waals surface area contributed by atoms with E-state index in [-0.39, 0.29) is 12.1 Å². The van der Waals surface area contributed by atoms with Gasteiger partial charge >= 0.3 is 0 Å². The first kappa shape index (κ1) is 14.6. The molecule has 0 aliphatic rings. The van der Waals surface area contributed by atoms with Gasteiger partial charge in [0.2, 0.25) is 0 Å². The Bertz CT molecular complexity index is 431. The van der Waals surface area contributed by atoms with Gasteiger partial charge in [0, 0.05) is 18.2 Å². The van der Waals surface area contributed by atoms with E-state index in [1.807, 2.05) is 13.8 Å². The molecule has 1 amide bonds. The summed E-state index contributed by atoms with van der Waals surface area (Å²) in [5.41, 5.74) is 5.35. The summed E-state index contributed by atoms with van der Waals surface area (Å²) in [4.78, 5) is 11.7. The lowest BCUT2D eigenvalue weighted by molar-refractivity contribution is 0.0938. The van der Waals surface area contributed by atoms with E-state index in [0.29, 0.717) is 18.9 Å². The Morgan fingerprint density at radius 3 is 2.44 bits per heavy atom. The molecule has 0 bridgehead atoms. The number of benzene rings is 1. The van der Waals surface area contributed by atoms with E-state index >= 15 is 0 Å². The molecule has 0 unspecified atom stereocenters. The molecular formula is C13H18F2N2O. The molecule has 5 heteroatoms. The number of nitrogens with two attached hydrogens (primary N) is 1. The van der Waals surface area contributed by atoms with Gasteiger partial charge in [-0.2, -0.15) is 0 Å². The van der Waals surface area contributed by atoms with E-state index in [1.54, 1.807) is 0 Å². The highest BCUT2D eigenvalue weighted by Crippen LogP contribution is 2.12.